The molecule has 3 aromatic rings. The van der Waals surface area contributed by atoms with E-state index in [0.29, 0.717) is 0 Å². The summed E-state index contributed by atoms with van der Waals surface area (Å²) in [5.41, 5.74) is 4.56. The summed E-state index contributed by atoms with van der Waals surface area (Å²) < 4.78 is 1.12. The first-order chi connectivity index (χ1) is 10.2. The van der Waals surface area contributed by atoms with Crippen molar-refractivity contribution in [1.82, 2.24) is 10.3 Å². The Labute approximate surface area is 133 Å². The standard InChI is InChI=1S/C18H17BrN2/c1-12-7-8-13-11-14(9-10-17(13)21-12)18(20-2)15-5-3-4-6-16(15)19/h3-11,18,20H,1-2H3. The number of aromatic nitrogens is 1. The molecule has 106 valence electrons. The number of pyridine rings is 1. The fourth-order valence-corrected chi connectivity index (χ4v) is 3.15. The third-order valence-corrected chi connectivity index (χ3v) is 4.41. The van der Waals surface area contributed by atoms with Crippen LogP contribution in [0.5, 0.6) is 0 Å². The lowest BCUT2D eigenvalue weighted by atomic mass is 9.97. The van der Waals surface area contributed by atoms with Gasteiger partial charge in [0.2, 0.25) is 0 Å². The summed E-state index contributed by atoms with van der Waals surface area (Å²) in [5, 5.41) is 4.57. The van der Waals surface area contributed by atoms with E-state index in [1.54, 1.807) is 0 Å². The molecular weight excluding hydrogens is 324 g/mol. The van der Waals surface area contributed by atoms with Crippen molar-refractivity contribution in [2.75, 3.05) is 7.05 Å². The van der Waals surface area contributed by atoms with Gasteiger partial charge in [0, 0.05) is 15.6 Å². The molecular formula is C18H17BrN2. The Balaban J connectivity index is 2.09. The van der Waals surface area contributed by atoms with Crippen LogP contribution in [-0.2, 0) is 0 Å². The van der Waals surface area contributed by atoms with Crippen molar-refractivity contribution >= 4 is 26.8 Å². The first-order valence-electron chi connectivity index (χ1n) is 6.98. The molecule has 0 spiro atoms. The maximum Gasteiger partial charge on any atom is 0.0705 e. The topological polar surface area (TPSA) is 24.9 Å². The minimum atomic E-state index is 0.159. The van der Waals surface area contributed by atoms with Crippen molar-refractivity contribution in [1.29, 1.82) is 0 Å². The van der Waals surface area contributed by atoms with Gasteiger partial charge in [0.15, 0.2) is 0 Å². The zero-order valence-electron chi connectivity index (χ0n) is 12.1. The first-order valence-corrected chi connectivity index (χ1v) is 7.77. The van der Waals surface area contributed by atoms with E-state index in [9.17, 15) is 0 Å². The monoisotopic (exact) mass is 340 g/mol. The summed E-state index contributed by atoms with van der Waals surface area (Å²) in [5.74, 6) is 0. The lowest BCUT2D eigenvalue weighted by Gasteiger charge is -2.19. The molecule has 0 aliphatic heterocycles. The molecule has 0 fully saturated rings. The maximum atomic E-state index is 4.56. The van der Waals surface area contributed by atoms with E-state index in [2.05, 4.69) is 74.8 Å². The molecule has 1 heterocycles. The van der Waals surface area contributed by atoms with Gasteiger partial charge in [-0.1, -0.05) is 46.3 Å². The van der Waals surface area contributed by atoms with Crippen molar-refractivity contribution in [2.45, 2.75) is 13.0 Å². The van der Waals surface area contributed by atoms with E-state index in [-0.39, 0.29) is 6.04 Å². The molecule has 0 bridgehead atoms. The first kappa shape index (κ1) is 14.2. The molecule has 1 atom stereocenters. The molecule has 0 saturated carbocycles. The van der Waals surface area contributed by atoms with E-state index in [1.165, 1.54) is 16.5 Å². The van der Waals surface area contributed by atoms with Gasteiger partial charge in [-0.15, -0.1) is 0 Å². The highest BCUT2D eigenvalue weighted by Gasteiger charge is 2.15. The van der Waals surface area contributed by atoms with Gasteiger partial charge in [-0.3, -0.25) is 4.98 Å². The average molecular weight is 341 g/mol. The fraction of sp³-hybridized carbons (Fsp3) is 0.167. The van der Waals surface area contributed by atoms with E-state index >= 15 is 0 Å². The van der Waals surface area contributed by atoms with Crippen molar-refractivity contribution < 1.29 is 0 Å². The number of fused-ring (bicyclic) bond motifs is 1. The van der Waals surface area contributed by atoms with Crippen LogP contribution >= 0.6 is 15.9 Å². The highest BCUT2D eigenvalue weighted by atomic mass is 79.9. The molecule has 1 unspecified atom stereocenters. The number of aryl methyl sites for hydroxylation is 1. The van der Waals surface area contributed by atoms with Gasteiger partial charge >= 0.3 is 0 Å². The Bertz CT molecular complexity index is 783. The lowest BCUT2D eigenvalue weighted by molar-refractivity contribution is 0.690. The molecule has 0 aliphatic carbocycles. The third kappa shape index (κ3) is 2.85. The van der Waals surface area contributed by atoms with Gasteiger partial charge < -0.3 is 5.32 Å². The number of nitrogens with zero attached hydrogens (tertiary/aromatic N) is 1. The largest absolute Gasteiger partial charge is 0.309 e. The zero-order chi connectivity index (χ0) is 14.8. The molecule has 2 nitrogen and oxygen atoms in total. The molecule has 0 aliphatic rings. The average Bonchev–Trinajstić information content (AvgIpc) is 2.50. The summed E-state index contributed by atoms with van der Waals surface area (Å²) in [6.07, 6.45) is 0. The Hall–Kier alpha value is -1.71. The Morgan fingerprint density at radius 3 is 2.62 bits per heavy atom. The number of nitrogens with one attached hydrogen (secondary N) is 1. The molecule has 0 saturated heterocycles. The lowest BCUT2D eigenvalue weighted by Crippen LogP contribution is -2.18. The number of halogens is 1. The predicted octanol–water partition coefficient (Wildman–Crippen LogP) is 4.61. The van der Waals surface area contributed by atoms with Crippen molar-refractivity contribution in [2.24, 2.45) is 0 Å². The predicted molar refractivity (Wildman–Crippen MR) is 91.5 cm³/mol. The smallest absolute Gasteiger partial charge is 0.0705 e. The SMILES string of the molecule is CNC(c1ccc2nc(C)ccc2c1)c1ccccc1Br. The van der Waals surface area contributed by atoms with Crippen LogP contribution in [0.4, 0.5) is 0 Å². The molecule has 0 radical (unpaired) electrons. The Morgan fingerprint density at radius 1 is 1.05 bits per heavy atom. The van der Waals surface area contributed by atoms with Gasteiger partial charge in [-0.05, 0) is 49.4 Å². The summed E-state index contributed by atoms with van der Waals surface area (Å²) in [7, 11) is 1.99. The Kier molecular flexibility index (Phi) is 4.04. The highest BCUT2D eigenvalue weighted by molar-refractivity contribution is 9.10. The molecule has 1 aromatic heterocycles. The second kappa shape index (κ2) is 5.96. The zero-order valence-corrected chi connectivity index (χ0v) is 13.7. The van der Waals surface area contributed by atoms with Crippen molar-refractivity contribution in [3.8, 4) is 0 Å². The van der Waals surface area contributed by atoms with Gasteiger partial charge in [0.05, 0.1) is 11.6 Å². The van der Waals surface area contributed by atoms with E-state index < -0.39 is 0 Å². The molecule has 2 aromatic carbocycles. The van der Waals surface area contributed by atoms with Crippen LogP contribution in [0.1, 0.15) is 22.9 Å². The number of rotatable bonds is 3. The van der Waals surface area contributed by atoms with E-state index in [1.807, 2.05) is 20.0 Å². The van der Waals surface area contributed by atoms with E-state index in [0.717, 1.165) is 15.7 Å². The summed E-state index contributed by atoms with van der Waals surface area (Å²) in [6.45, 7) is 2.02. The van der Waals surface area contributed by atoms with Gasteiger partial charge in [0.25, 0.3) is 0 Å². The van der Waals surface area contributed by atoms with Crippen LogP contribution in [0.3, 0.4) is 0 Å². The molecule has 1 N–H and O–H groups in total. The minimum absolute atomic E-state index is 0.159. The van der Waals surface area contributed by atoms with E-state index in [4.69, 9.17) is 0 Å². The number of hydrogen-bond acceptors (Lipinski definition) is 2. The van der Waals surface area contributed by atoms with Crippen molar-refractivity contribution in [3.63, 3.8) is 0 Å². The van der Waals surface area contributed by atoms with Crippen LogP contribution in [0.25, 0.3) is 10.9 Å². The molecule has 21 heavy (non-hydrogen) atoms. The molecule has 3 rings (SSSR count). The molecule has 3 heteroatoms. The second-order valence-electron chi connectivity index (χ2n) is 5.15. The maximum absolute atomic E-state index is 4.56. The summed E-state index contributed by atoms with van der Waals surface area (Å²) >= 11 is 3.64. The number of hydrogen-bond donors (Lipinski definition) is 1. The third-order valence-electron chi connectivity index (χ3n) is 3.69. The van der Waals surface area contributed by atoms with Crippen LogP contribution < -0.4 is 5.32 Å². The van der Waals surface area contributed by atoms with Crippen LogP contribution in [-0.4, -0.2) is 12.0 Å². The second-order valence-corrected chi connectivity index (χ2v) is 6.00. The van der Waals surface area contributed by atoms with Gasteiger partial charge in [-0.2, -0.15) is 0 Å². The van der Waals surface area contributed by atoms with Gasteiger partial charge in [-0.25, -0.2) is 0 Å². The summed E-state index contributed by atoms with van der Waals surface area (Å²) in [4.78, 5) is 4.56. The fourth-order valence-electron chi connectivity index (χ4n) is 2.64. The van der Waals surface area contributed by atoms with Crippen LogP contribution in [0.2, 0.25) is 0 Å². The number of benzene rings is 2. The van der Waals surface area contributed by atoms with Gasteiger partial charge in [0.1, 0.15) is 0 Å². The minimum Gasteiger partial charge on any atom is -0.309 e. The van der Waals surface area contributed by atoms with Crippen LogP contribution in [0, 0.1) is 6.92 Å². The quantitative estimate of drug-likeness (QED) is 0.752. The Morgan fingerprint density at radius 2 is 1.86 bits per heavy atom. The normalized spacial score (nSPS) is 12.5. The molecule has 0 amide bonds. The highest BCUT2D eigenvalue weighted by Crippen LogP contribution is 2.29. The summed E-state index contributed by atoms with van der Waals surface area (Å²) in [6, 6.07) is 19.1. The van der Waals surface area contributed by atoms with Crippen molar-refractivity contribution in [3.05, 3.63) is 75.9 Å². The van der Waals surface area contributed by atoms with Crippen LogP contribution in [0.15, 0.2) is 59.1 Å².